The van der Waals surface area contributed by atoms with E-state index < -0.39 is 0 Å². The largest absolute Gasteiger partial charge is 0.314 e. The Morgan fingerprint density at radius 2 is 2.50 bits per heavy atom. The van der Waals surface area contributed by atoms with E-state index in [4.69, 9.17) is 6.42 Å². The average molecular weight is 207 g/mol. The van der Waals surface area contributed by atoms with E-state index in [9.17, 15) is 0 Å². The van der Waals surface area contributed by atoms with E-state index in [1.165, 1.54) is 4.88 Å². The van der Waals surface area contributed by atoms with E-state index in [2.05, 4.69) is 35.7 Å². The van der Waals surface area contributed by atoms with Gasteiger partial charge in [-0.3, -0.25) is 0 Å². The van der Waals surface area contributed by atoms with Gasteiger partial charge in [0.05, 0.1) is 0 Å². The van der Waals surface area contributed by atoms with Gasteiger partial charge < -0.3 is 5.32 Å². The summed E-state index contributed by atoms with van der Waals surface area (Å²) in [6, 6.07) is 4.82. The number of hydrogen-bond donors (Lipinski definition) is 1. The molecule has 0 aliphatic heterocycles. The summed E-state index contributed by atoms with van der Waals surface area (Å²) in [5.74, 6) is 2.70. The van der Waals surface area contributed by atoms with Crippen molar-refractivity contribution in [3.63, 3.8) is 0 Å². The zero-order valence-electron chi connectivity index (χ0n) is 8.62. The quantitative estimate of drug-likeness (QED) is 0.707. The maximum Gasteiger partial charge on any atom is 0.0124 e. The lowest BCUT2D eigenvalue weighted by Crippen LogP contribution is -2.30. The summed E-state index contributed by atoms with van der Waals surface area (Å²) in [6.07, 6.45) is 8.31. The minimum Gasteiger partial charge on any atom is -0.314 e. The van der Waals surface area contributed by atoms with Crippen LogP contribution < -0.4 is 5.32 Å². The fourth-order valence-electron chi connectivity index (χ4n) is 1.49. The molecule has 0 fully saturated rings. The van der Waals surface area contributed by atoms with Crippen LogP contribution >= 0.6 is 11.3 Å². The second-order valence-corrected chi connectivity index (χ2v) is 4.31. The molecular weight excluding hydrogens is 190 g/mol. The zero-order valence-corrected chi connectivity index (χ0v) is 9.44. The number of nitrogens with one attached hydrogen (secondary N) is 1. The number of rotatable bonds is 6. The molecule has 0 spiro atoms. The first-order valence-electron chi connectivity index (χ1n) is 5.06. The lowest BCUT2D eigenvalue weighted by Gasteiger charge is -2.15. The summed E-state index contributed by atoms with van der Waals surface area (Å²) < 4.78 is 0. The normalized spacial score (nSPS) is 12.3. The van der Waals surface area contributed by atoms with Crippen molar-refractivity contribution in [2.45, 2.75) is 32.2 Å². The Morgan fingerprint density at radius 1 is 1.64 bits per heavy atom. The minimum atomic E-state index is 0.537. The average Bonchev–Trinajstić information content (AvgIpc) is 2.67. The summed E-state index contributed by atoms with van der Waals surface area (Å²) >= 11 is 1.82. The van der Waals surface area contributed by atoms with Crippen molar-refractivity contribution in [2.75, 3.05) is 6.54 Å². The molecular formula is C12H17NS. The molecule has 1 nitrogen and oxygen atoms in total. The third-order valence-electron chi connectivity index (χ3n) is 2.16. The summed E-state index contributed by atoms with van der Waals surface area (Å²) in [4.78, 5) is 1.44. The highest BCUT2D eigenvalue weighted by Gasteiger charge is 2.07. The fraction of sp³-hybridized carbons (Fsp3) is 0.500. The molecule has 1 heterocycles. The predicted octanol–water partition coefficient (Wildman–Crippen LogP) is 2.68. The predicted molar refractivity (Wildman–Crippen MR) is 63.6 cm³/mol. The Kier molecular flexibility index (Phi) is 5.36. The van der Waals surface area contributed by atoms with E-state index in [0.29, 0.717) is 6.04 Å². The van der Waals surface area contributed by atoms with Gasteiger partial charge in [-0.05, 0) is 30.8 Å². The first-order chi connectivity index (χ1) is 6.86. The minimum absolute atomic E-state index is 0.537. The number of terminal acetylenes is 1. The van der Waals surface area contributed by atoms with Crippen molar-refractivity contribution in [1.82, 2.24) is 5.32 Å². The molecule has 0 saturated carbocycles. The van der Waals surface area contributed by atoms with Gasteiger partial charge in [0.15, 0.2) is 0 Å². The summed E-state index contributed by atoms with van der Waals surface area (Å²) in [5.41, 5.74) is 0. The van der Waals surface area contributed by atoms with Gasteiger partial charge in [0.1, 0.15) is 0 Å². The highest BCUT2D eigenvalue weighted by molar-refractivity contribution is 7.09. The molecule has 0 aromatic carbocycles. The molecule has 0 radical (unpaired) electrons. The van der Waals surface area contributed by atoms with Gasteiger partial charge in [-0.1, -0.05) is 13.0 Å². The smallest absolute Gasteiger partial charge is 0.0124 e. The van der Waals surface area contributed by atoms with E-state index in [1.807, 2.05) is 11.3 Å². The van der Waals surface area contributed by atoms with Gasteiger partial charge in [-0.2, -0.15) is 0 Å². The lowest BCUT2D eigenvalue weighted by atomic mass is 10.1. The first-order valence-corrected chi connectivity index (χ1v) is 5.94. The Hall–Kier alpha value is -0.780. The van der Waals surface area contributed by atoms with E-state index in [0.717, 1.165) is 25.8 Å². The maximum atomic E-state index is 5.27. The van der Waals surface area contributed by atoms with Crippen LogP contribution in [0.2, 0.25) is 0 Å². The van der Waals surface area contributed by atoms with Crippen molar-refractivity contribution in [1.29, 1.82) is 0 Å². The van der Waals surface area contributed by atoms with Crippen molar-refractivity contribution < 1.29 is 0 Å². The molecule has 1 N–H and O–H groups in total. The van der Waals surface area contributed by atoms with Gasteiger partial charge in [-0.25, -0.2) is 0 Å². The van der Waals surface area contributed by atoms with Gasteiger partial charge in [0, 0.05) is 17.3 Å². The molecule has 0 aliphatic rings. The molecule has 14 heavy (non-hydrogen) atoms. The second-order valence-electron chi connectivity index (χ2n) is 3.28. The van der Waals surface area contributed by atoms with Crippen LogP contribution in [0.15, 0.2) is 17.5 Å². The molecule has 0 amide bonds. The molecule has 1 aromatic rings. The Balaban J connectivity index is 2.39. The van der Waals surface area contributed by atoms with Crippen LogP contribution in [0, 0.1) is 12.3 Å². The molecule has 0 bridgehead atoms. The summed E-state index contributed by atoms with van der Waals surface area (Å²) in [7, 11) is 0. The number of thiophene rings is 1. The van der Waals surface area contributed by atoms with Crippen molar-refractivity contribution in [3.05, 3.63) is 22.4 Å². The van der Waals surface area contributed by atoms with Crippen LogP contribution in [0.4, 0.5) is 0 Å². The Bertz CT molecular complexity index is 271. The molecule has 1 rings (SSSR count). The van der Waals surface area contributed by atoms with Gasteiger partial charge >= 0.3 is 0 Å². The molecule has 0 aliphatic carbocycles. The van der Waals surface area contributed by atoms with E-state index in [-0.39, 0.29) is 0 Å². The monoisotopic (exact) mass is 207 g/mol. The lowest BCUT2D eigenvalue weighted by molar-refractivity contribution is 0.500. The van der Waals surface area contributed by atoms with Crippen LogP contribution in [-0.2, 0) is 6.42 Å². The molecule has 1 atom stereocenters. The van der Waals surface area contributed by atoms with Crippen LogP contribution in [0.1, 0.15) is 24.6 Å². The third kappa shape index (κ3) is 3.95. The second kappa shape index (κ2) is 6.64. The third-order valence-corrected chi connectivity index (χ3v) is 3.06. The number of likely N-dealkylation sites (N-methyl/N-ethyl adjacent to an activating group) is 1. The fourth-order valence-corrected chi connectivity index (χ4v) is 2.28. The highest BCUT2D eigenvalue weighted by atomic mass is 32.1. The van der Waals surface area contributed by atoms with Crippen LogP contribution in [0.5, 0.6) is 0 Å². The summed E-state index contributed by atoms with van der Waals surface area (Å²) in [5, 5.41) is 5.59. The molecule has 2 heteroatoms. The standard InChI is InChI=1S/C12H17NS/c1-3-5-7-11(13-4-2)10-12-8-6-9-14-12/h1,6,8-9,11,13H,4-5,7,10H2,2H3. The van der Waals surface area contributed by atoms with E-state index >= 15 is 0 Å². The molecule has 76 valence electrons. The first kappa shape index (κ1) is 11.3. The zero-order chi connectivity index (χ0) is 10.2. The van der Waals surface area contributed by atoms with Gasteiger partial charge in [-0.15, -0.1) is 23.7 Å². The molecule has 1 unspecified atom stereocenters. The van der Waals surface area contributed by atoms with Crippen molar-refractivity contribution in [3.8, 4) is 12.3 Å². The SMILES string of the molecule is C#CCCC(Cc1cccs1)NCC. The Morgan fingerprint density at radius 3 is 3.07 bits per heavy atom. The molecule has 0 saturated heterocycles. The molecule has 1 aromatic heterocycles. The maximum absolute atomic E-state index is 5.27. The van der Waals surface area contributed by atoms with Crippen molar-refractivity contribution >= 4 is 11.3 Å². The van der Waals surface area contributed by atoms with Gasteiger partial charge in [0.25, 0.3) is 0 Å². The van der Waals surface area contributed by atoms with Crippen LogP contribution in [0.25, 0.3) is 0 Å². The van der Waals surface area contributed by atoms with Crippen molar-refractivity contribution in [2.24, 2.45) is 0 Å². The van der Waals surface area contributed by atoms with Crippen LogP contribution in [-0.4, -0.2) is 12.6 Å². The Labute approximate surface area is 90.5 Å². The van der Waals surface area contributed by atoms with Crippen LogP contribution in [0.3, 0.4) is 0 Å². The topological polar surface area (TPSA) is 12.0 Å². The highest BCUT2D eigenvalue weighted by Crippen LogP contribution is 2.13. The van der Waals surface area contributed by atoms with E-state index in [1.54, 1.807) is 0 Å². The van der Waals surface area contributed by atoms with Gasteiger partial charge in [0.2, 0.25) is 0 Å². The summed E-state index contributed by atoms with van der Waals surface area (Å²) in [6.45, 7) is 3.15. The number of hydrogen-bond acceptors (Lipinski definition) is 2.